The van der Waals surface area contributed by atoms with E-state index in [1.54, 1.807) is 0 Å². The molecule has 2 fully saturated rings. The molecule has 1 aliphatic carbocycles. The lowest BCUT2D eigenvalue weighted by atomic mass is 10.1. The zero-order chi connectivity index (χ0) is 9.97. The van der Waals surface area contributed by atoms with Crippen LogP contribution in [0.25, 0.3) is 0 Å². The van der Waals surface area contributed by atoms with E-state index < -0.39 is 0 Å². The molecule has 1 heterocycles. The average Bonchev–Trinajstić information content (AvgIpc) is 2.65. The molecule has 0 aromatic carbocycles. The number of Topliss-reactive ketones (excluding diaryl/α,β-unsaturated/α-hetero) is 1. The highest BCUT2D eigenvalue weighted by Gasteiger charge is 2.30. The molecule has 0 aromatic rings. The van der Waals surface area contributed by atoms with Gasteiger partial charge in [0.1, 0.15) is 5.78 Å². The average molecular weight is 213 g/mol. The quantitative estimate of drug-likeness (QED) is 0.699. The number of carbonyl (C=O) groups is 1. The number of nitrogens with zero attached hydrogens (tertiary/aromatic N) is 1. The van der Waals surface area contributed by atoms with Crippen LogP contribution in [0.1, 0.15) is 32.1 Å². The Morgan fingerprint density at radius 1 is 1.43 bits per heavy atom. The number of rotatable bonds is 2. The van der Waals surface area contributed by atoms with Gasteiger partial charge >= 0.3 is 0 Å². The van der Waals surface area contributed by atoms with Crippen LogP contribution in [-0.2, 0) is 4.79 Å². The molecular weight excluding hydrogens is 194 g/mol. The molecule has 1 aliphatic heterocycles. The van der Waals surface area contributed by atoms with Crippen LogP contribution in [0.5, 0.6) is 0 Å². The molecule has 2 aliphatic rings. The molecule has 2 atom stereocenters. The molecule has 0 aromatic heterocycles. The molecule has 2 nitrogen and oxygen atoms in total. The van der Waals surface area contributed by atoms with Gasteiger partial charge < -0.3 is 0 Å². The summed E-state index contributed by atoms with van der Waals surface area (Å²) in [7, 11) is 0. The number of carbonyl (C=O) groups excluding carboxylic acids is 1. The lowest BCUT2D eigenvalue weighted by Crippen LogP contribution is -2.42. The molecule has 3 heteroatoms. The maximum atomic E-state index is 11.2. The van der Waals surface area contributed by atoms with Crippen molar-refractivity contribution in [1.82, 2.24) is 4.90 Å². The summed E-state index contributed by atoms with van der Waals surface area (Å²) >= 11 is 1.98. The highest BCUT2D eigenvalue weighted by molar-refractivity contribution is 7.99. The van der Waals surface area contributed by atoms with Crippen molar-refractivity contribution >= 4 is 17.5 Å². The summed E-state index contributed by atoms with van der Waals surface area (Å²) < 4.78 is 0. The Labute approximate surface area is 90.4 Å². The fourth-order valence-electron chi connectivity index (χ4n) is 2.60. The maximum absolute atomic E-state index is 11.2. The van der Waals surface area contributed by atoms with Crippen molar-refractivity contribution in [2.45, 2.75) is 43.4 Å². The maximum Gasteiger partial charge on any atom is 0.134 e. The Morgan fingerprint density at radius 3 is 2.93 bits per heavy atom. The first-order chi connectivity index (χ1) is 6.79. The van der Waals surface area contributed by atoms with E-state index in [1.807, 2.05) is 11.8 Å². The second-order valence-electron chi connectivity index (χ2n) is 4.43. The summed E-state index contributed by atoms with van der Waals surface area (Å²) in [5.41, 5.74) is 0. The Balaban J connectivity index is 1.87. The van der Waals surface area contributed by atoms with E-state index in [1.165, 1.54) is 25.9 Å². The van der Waals surface area contributed by atoms with Crippen LogP contribution in [0.3, 0.4) is 0 Å². The number of piperidine rings is 1. The SMILES string of the molecule is CSC1CCCN(C2CCC(=O)C2)C1. The minimum atomic E-state index is 0.473. The minimum absolute atomic E-state index is 0.473. The fraction of sp³-hybridized carbons (Fsp3) is 0.909. The van der Waals surface area contributed by atoms with Crippen molar-refractivity contribution in [3.8, 4) is 0 Å². The Kier molecular flexibility index (Phi) is 3.50. The van der Waals surface area contributed by atoms with Crippen LogP contribution in [0, 0.1) is 0 Å². The molecule has 0 amide bonds. The summed E-state index contributed by atoms with van der Waals surface area (Å²) in [6.07, 6.45) is 7.63. The van der Waals surface area contributed by atoms with Crippen LogP contribution in [0.15, 0.2) is 0 Å². The van der Waals surface area contributed by atoms with Crippen molar-refractivity contribution in [2.75, 3.05) is 19.3 Å². The van der Waals surface area contributed by atoms with Crippen LogP contribution < -0.4 is 0 Å². The van der Waals surface area contributed by atoms with Gasteiger partial charge in [-0.25, -0.2) is 0 Å². The van der Waals surface area contributed by atoms with Crippen molar-refractivity contribution < 1.29 is 4.79 Å². The Bertz CT molecular complexity index is 219. The first-order valence-corrected chi connectivity index (χ1v) is 6.87. The van der Waals surface area contributed by atoms with Gasteiger partial charge in [-0.2, -0.15) is 11.8 Å². The number of likely N-dealkylation sites (tertiary alicyclic amines) is 1. The zero-order valence-corrected chi connectivity index (χ0v) is 9.68. The third-order valence-corrected chi connectivity index (χ3v) is 4.53. The summed E-state index contributed by atoms with van der Waals surface area (Å²) in [6, 6.07) is 0.581. The lowest BCUT2D eigenvalue weighted by Gasteiger charge is -2.35. The van der Waals surface area contributed by atoms with E-state index in [0.717, 1.165) is 24.5 Å². The molecule has 2 rings (SSSR count). The summed E-state index contributed by atoms with van der Waals surface area (Å²) in [5.74, 6) is 0.473. The molecule has 0 spiro atoms. The summed E-state index contributed by atoms with van der Waals surface area (Å²) in [5, 5.41) is 0.805. The molecular formula is C11H19NOS. The monoisotopic (exact) mass is 213 g/mol. The van der Waals surface area contributed by atoms with Gasteiger partial charge in [-0.1, -0.05) is 0 Å². The van der Waals surface area contributed by atoms with E-state index in [4.69, 9.17) is 0 Å². The third-order valence-electron chi connectivity index (χ3n) is 3.48. The molecule has 2 unspecified atom stereocenters. The molecule has 14 heavy (non-hydrogen) atoms. The van der Waals surface area contributed by atoms with Crippen molar-refractivity contribution in [3.63, 3.8) is 0 Å². The topological polar surface area (TPSA) is 20.3 Å². The predicted octanol–water partition coefficient (Wildman–Crippen LogP) is 1.94. The van der Waals surface area contributed by atoms with Crippen molar-refractivity contribution in [2.24, 2.45) is 0 Å². The lowest BCUT2D eigenvalue weighted by molar-refractivity contribution is -0.117. The van der Waals surface area contributed by atoms with Gasteiger partial charge in [0.15, 0.2) is 0 Å². The van der Waals surface area contributed by atoms with Crippen LogP contribution >= 0.6 is 11.8 Å². The number of ketones is 1. The second kappa shape index (κ2) is 4.67. The van der Waals surface area contributed by atoms with Crippen molar-refractivity contribution in [3.05, 3.63) is 0 Å². The van der Waals surface area contributed by atoms with Crippen LogP contribution in [-0.4, -0.2) is 41.3 Å². The minimum Gasteiger partial charge on any atom is -0.300 e. The Hall–Kier alpha value is -0.0200. The van der Waals surface area contributed by atoms with E-state index in [0.29, 0.717) is 11.8 Å². The van der Waals surface area contributed by atoms with Gasteiger partial charge in [-0.05, 0) is 32.1 Å². The third kappa shape index (κ3) is 2.31. The molecule has 0 N–H and O–H groups in total. The van der Waals surface area contributed by atoms with Gasteiger partial charge in [-0.15, -0.1) is 0 Å². The van der Waals surface area contributed by atoms with Gasteiger partial charge in [-0.3, -0.25) is 9.69 Å². The number of thioether (sulfide) groups is 1. The Morgan fingerprint density at radius 2 is 2.29 bits per heavy atom. The molecule has 1 saturated carbocycles. The predicted molar refractivity (Wildman–Crippen MR) is 60.8 cm³/mol. The highest BCUT2D eigenvalue weighted by Crippen LogP contribution is 2.27. The second-order valence-corrected chi connectivity index (χ2v) is 5.57. The molecule has 0 radical (unpaired) electrons. The van der Waals surface area contributed by atoms with E-state index in [-0.39, 0.29) is 0 Å². The molecule has 0 bridgehead atoms. The number of hydrogen-bond acceptors (Lipinski definition) is 3. The van der Waals surface area contributed by atoms with Crippen molar-refractivity contribution in [1.29, 1.82) is 0 Å². The molecule has 80 valence electrons. The van der Waals surface area contributed by atoms with Crippen LogP contribution in [0.2, 0.25) is 0 Å². The molecule has 1 saturated heterocycles. The van der Waals surface area contributed by atoms with Gasteiger partial charge in [0.05, 0.1) is 0 Å². The smallest absolute Gasteiger partial charge is 0.134 e. The number of hydrogen-bond donors (Lipinski definition) is 0. The standard InChI is InChI=1S/C11H19NOS/c1-14-11-3-2-6-12(8-11)9-4-5-10(13)7-9/h9,11H,2-8H2,1H3. The zero-order valence-electron chi connectivity index (χ0n) is 8.87. The first-order valence-electron chi connectivity index (χ1n) is 5.58. The van der Waals surface area contributed by atoms with Gasteiger partial charge in [0.25, 0.3) is 0 Å². The highest BCUT2D eigenvalue weighted by atomic mass is 32.2. The first kappa shape index (κ1) is 10.5. The van der Waals surface area contributed by atoms with E-state index in [2.05, 4.69) is 11.2 Å². The largest absolute Gasteiger partial charge is 0.300 e. The summed E-state index contributed by atoms with van der Waals surface area (Å²) in [6.45, 7) is 2.42. The van der Waals surface area contributed by atoms with E-state index >= 15 is 0 Å². The van der Waals surface area contributed by atoms with E-state index in [9.17, 15) is 4.79 Å². The fourth-order valence-corrected chi connectivity index (χ4v) is 3.34. The summed E-state index contributed by atoms with van der Waals surface area (Å²) in [4.78, 5) is 13.8. The van der Waals surface area contributed by atoms with Gasteiger partial charge in [0, 0.05) is 30.7 Å². The van der Waals surface area contributed by atoms with Crippen LogP contribution in [0.4, 0.5) is 0 Å². The normalized spacial score (nSPS) is 35.1. The van der Waals surface area contributed by atoms with Gasteiger partial charge in [0.2, 0.25) is 0 Å².